The van der Waals surface area contributed by atoms with Gasteiger partial charge in [-0.15, -0.1) is 11.3 Å². The Hall–Kier alpha value is -0.890. The van der Waals surface area contributed by atoms with E-state index in [0.29, 0.717) is 0 Å². The van der Waals surface area contributed by atoms with Gasteiger partial charge in [0.2, 0.25) is 0 Å². The number of aromatic nitrogens is 1. The SMILES string of the molecule is C/C=C\C(C)=C/c1csc(C)n1. The van der Waals surface area contributed by atoms with Crippen molar-refractivity contribution in [3.8, 4) is 0 Å². The summed E-state index contributed by atoms with van der Waals surface area (Å²) in [6.45, 7) is 6.12. The van der Waals surface area contributed by atoms with E-state index >= 15 is 0 Å². The molecule has 0 aromatic carbocycles. The summed E-state index contributed by atoms with van der Waals surface area (Å²) in [5, 5.41) is 3.19. The van der Waals surface area contributed by atoms with Gasteiger partial charge in [0.1, 0.15) is 0 Å². The maximum absolute atomic E-state index is 4.34. The molecule has 1 aromatic heterocycles. The van der Waals surface area contributed by atoms with Gasteiger partial charge < -0.3 is 0 Å². The third-order valence-electron chi connectivity index (χ3n) is 1.44. The number of thiazole rings is 1. The van der Waals surface area contributed by atoms with E-state index in [-0.39, 0.29) is 0 Å². The van der Waals surface area contributed by atoms with E-state index in [1.165, 1.54) is 5.57 Å². The Morgan fingerprint density at radius 1 is 1.58 bits per heavy atom. The first-order valence-electron chi connectivity index (χ1n) is 3.95. The first-order chi connectivity index (χ1) is 5.72. The summed E-state index contributed by atoms with van der Waals surface area (Å²) in [6.07, 6.45) is 6.20. The molecular weight excluding hydrogens is 166 g/mol. The van der Waals surface area contributed by atoms with Crippen LogP contribution in [0, 0.1) is 6.92 Å². The second kappa shape index (κ2) is 4.21. The fourth-order valence-corrected chi connectivity index (χ4v) is 1.56. The minimum Gasteiger partial charge on any atom is -0.242 e. The topological polar surface area (TPSA) is 12.9 Å². The largest absolute Gasteiger partial charge is 0.242 e. The highest BCUT2D eigenvalue weighted by Crippen LogP contribution is 2.11. The van der Waals surface area contributed by atoms with Crippen molar-refractivity contribution in [2.45, 2.75) is 20.8 Å². The predicted octanol–water partition coefficient (Wildman–Crippen LogP) is 3.43. The first kappa shape index (κ1) is 9.20. The third-order valence-corrected chi connectivity index (χ3v) is 2.23. The summed E-state index contributed by atoms with van der Waals surface area (Å²) >= 11 is 1.68. The molecule has 1 nitrogen and oxygen atoms in total. The first-order valence-corrected chi connectivity index (χ1v) is 4.83. The van der Waals surface area contributed by atoms with Crippen molar-refractivity contribution in [3.05, 3.63) is 33.8 Å². The molecule has 64 valence electrons. The summed E-state index contributed by atoms with van der Waals surface area (Å²) in [4.78, 5) is 4.34. The van der Waals surface area contributed by atoms with Crippen molar-refractivity contribution in [2.24, 2.45) is 0 Å². The number of aryl methyl sites for hydroxylation is 1. The zero-order chi connectivity index (χ0) is 8.97. The summed E-state index contributed by atoms with van der Waals surface area (Å²) in [7, 11) is 0. The Morgan fingerprint density at radius 3 is 2.83 bits per heavy atom. The molecule has 0 bridgehead atoms. The zero-order valence-corrected chi connectivity index (χ0v) is 8.48. The number of nitrogens with zero attached hydrogens (tertiary/aromatic N) is 1. The van der Waals surface area contributed by atoms with Gasteiger partial charge in [0, 0.05) is 5.38 Å². The quantitative estimate of drug-likeness (QED) is 0.634. The van der Waals surface area contributed by atoms with Crippen LogP contribution in [0.15, 0.2) is 23.1 Å². The molecule has 0 aliphatic carbocycles. The average Bonchev–Trinajstić information content (AvgIpc) is 2.36. The lowest BCUT2D eigenvalue weighted by Crippen LogP contribution is -1.73. The average molecular weight is 179 g/mol. The molecule has 0 unspecified atom stereocenters. The molecule has 1 heterocycles. The molecule has 2 heteroatoms. The summed E-state index contributed by atoms with van der Waals surface area (Å²) in [6, 6.07) is 0. The molecule has 0 amide bonds. The molecule has 0 radical (unpaired) electrons. The molecule has 0 spiro atoms. The fourth-order valence-electron chi connectivity index (χ4n) is 0.991. The number of hydrogen-bond acceptors (Lipinski definition) is 2. The van der Waals surface area contributed by atoms with Crippen molar-refractivity contribution >= 4 is 17.4 Å². The van der Waals surface area contributed by atoms with Crippen LogP contribution in [0.1, 0.15) is 24.5 Å². The van der Waals surface area contributed by atoms with Gasteiger partial charge in [-0.3, -0.25) is 0 Å². The van der Waals surface area contributed by atoms with Gasteiger partial charge >= 0.3 is 0 Å². The van der Waals surface area contributed by atoms with Crippen molar-refractivity contribution < 1.29 is 0 Å². The molecule has 1 aromatic rings. The molecule has 0 fully saturated rings. The lowest BCUT2D eigenvalue weighted by molar-refractivity contribution is 1.27. The van der Waals surface area contributed by atoms with E-state index in [4.69, 9.17) is 0 Å². The number of rotatable bonds is 2. The lowest BCUT2D eigenvalue weighted by atomic mass is 10.2. The van der Waals surface area contributed by atoms with Crippen LogP contribution in [0.4, 0.5) is 0 Å². The second-order valence-corrected chi connectivity index (χ2v) is 3.74. The summed E-state index contributed by atoms with van der Waals surface area (Å²) in [5.74, 6) is 0. The van der Waals surface area contributed by atoms with Gasteiger partial charge in [-0.25, -0.2) is 4.98 Å². The van der Waals surface area contributed by atoms with E-state index in [9.17, 15) is 0 Å². The summed E-state index contributed by atoms with van der Waals surface area (Å²) in [5.41, 5.74) is 2.30. The Bertz CT molecular complexity index is 307. The Balaban J connectivity index is 2.80. The van der Waals surface area contributed by atoms with E-state index < -0.39 is 0 Å². The molecule has 0 saturated heterocycles. The highest BCUT2D eigenvalue weighted by molar-refractivity contribution is 7.09. The fraction of sp³-hybridized carbons (Fsp3) is 0.300. The lowest BCUT2D eigenvalue weighted by Gasteiger charge is -1.88. The van der Waals surface area contributed by atoms with Crippen LogP contribution in [0.2, 0.25) is 0 Å². The molecular formula is C10H13NS. The summed E-state index contributed by atoms with van der Waals surface area (Å²) < 4.78 is 0. The predicted molar refractivity (Wildman–Crippen MR) is 55.3 cm³/mol. The van der Waals surface area contributed by atoms with Crippen LogP contribution in [0.25, 0.3) is 6.08 Å². The minimum atomic E-state index is 1.06. The Morgan fingerprint density at radius 2 is 2.33 bits per heavy atom. The zero-order valence-electron chi connectivity index (χ0n) is 7.66. The van der Waals surface area contributed by atoms with Gasteiger partial charge in [-0.2, -0.15) is 0 Å². The third kappa shape index (κ3) is 2.62. The molecule has 0 aliphatic heterocycles. The Kier molecular flexibility index (Phi) is 3.23. The second-order valence-electron chi connectivity index (χ2n) is 2.68. The van der Waals surface area contributed by atoms with E-state index in [1.807, 2.05) is 19.9 Å². The maximum Gasteiger partial charge on any atom is 0.0901 e. The van der Waals surface area contributed by atoms with Crippen LogP contribution >= 0.6 is 11.3 Å². The van der Waals surface area contributed by atoms with Crippen LogP contribution < -0.4 is 0 Å². The molecule has 0 N–H and O–H groups in total. The van der Waals surface area contributed by atoms with Crippen LogP contribution in [0.5, 0.6) is 0 Å². The van der Waals surface area contributed by atoms with Crippen molar-refractivity contribution in [3.63, 3.8) is 0 Å². The standard InChI is InChI=1S/C10H13NS/c1-4-5-8(2)6-10-7-12-9(3)11-10/h4-7H,1-3H3/b5-4-,8-6-. The smallest absolute Gasteiger partial charge is 0.0901 e. The van der Waals surface area contributed by atoms with E-state index in [1.54, 1.807) is 11.3 Å². The van der Waals surface area contributed by atoms with Crippen LogP contribution in [0.3, 0.4) is 0 Å². The highest BCUT2D eigenvalue weighted by atomic mass is 32.1. The molecule has 1 rings (SSSR count). The Labute approximate surface area is 77.5 Å². The molecule has 0 atom stereocenters. The minimum absolute atomic E-state index is 1.06. The van der Waals surface area contributed by atoms with E-state index in [0.717, 1.165) is 10.7 Å². The maximum atomic E-state index is 4.34. The van der Waals surface area contributed by atoms with Gasteiger partial charge in [0.15, 0.2) is 0 Å². The van der Waals surface area contributed by atoms with Gasteiger partial charge in [0.05, 0.1) is 10.7 Å². The van der Waals surface area contributed by atoms with Gasteiger partial charge in [-0.05, 0) is 32.4 Å². The number of allylic oxidation sites excluding steroid dienone is 3. The van der Waals surface area contributed by atoms with E-state index in [2.05, 4.69) is 29.4 Å². The van der Waals surface area contributed by atoms with Crippen LogP contribution in [-0.4, -0.2) is 4.98 Å². The normalized spacial score (nSPS) is 12.8. The highest BCUT2D eigenvalue weighted by Gasteiger charge is 1.92. The van der Waals surface area contributed by atoms with Gasteiger partial charge in [-0.1, -0.05) is 12.2 Å². The number of hydrogen-bond donors (Lipinski definition) is 0. The van der Waals surface area contributed by atoms with Crippen molar-refractivity contribution in [2.75, 3.05) is 0 Å². The molecule has 12 heavy (non-hydrogen) atoms. The van der Waals surface area contributed by atoms with Crippen molar-refractivity contribution in [1.82, 2.24) is 4.98 Å². The van der Waals surface area contributed by atoms with Gasteiger partial charge in [0.25, 0.3) is 0 Å². The molecule has 0 aliphatic rings. The monoisotopic (exact) mass is 179 g/mol. The van der Waals surface area contributed by atoms with Crippen LogP contribution in [-0.2, 0) is 0 Å². The molecule has 0 saturated carbocycles. The van der Waals surface area contributed by atoms with Crippen molar-refractivity contribution in [1.29, 1.82) is 0 Å².